The highest BCUT2D eigenvalue weighted by atomic mass is 16.7. The maximum Gasteiger partial charge on any atom is 0.161 e. The first-order chi connectivity index (χ1) is 18.6. The molecule has 6 heteroatoms. The number of fused-ring (bicyclic) bond motifs is 1. The van der Waals surface area contributed by atoms with Gasteiger partial charge >= 0.3 is 0 Å². The SMILES string of the molecule is COC(OC)C1COC2(CCN(c3ccc([C@@H]4c5ccc(O)cc5OC[C@@H]4c4ccccc4)cc3)CC2)C1. The molecule has 3 aliphatic rings. The van der Waals surface area contributed by atoms with E-state index in [4.69, 9.17) is 18.9 Å². The fourth-order valence-corrected chi connectivity index (χ4v) is 6.75. The topological polar surface area (TPSA) is 60.4 Å². The van der Waals surface area contributed by atoms with Crippen LogP contribution in [0.4, 0.5) is 5.69 Å². The van der Waals surface area contributed by atoms with Crippen LogP contribution in [-0.4, -0.2) is 57.5 Å². The van der Waals surface area contributed by atoms with Gasteiger partial charge in [0.1, 0.15) is 11.5 Å². The van der Waals surface area contributed by atoms with Crippen LogP contribution in [0.5, 0.6) is 11.5 Å². The molecule has 0 radical (unpaired) electrons. The second-order valence-electron chi connectivity index (χ2n) is 10.9. The first-order valence-corrected chi connectivity index (χ1v) is 13.6. The molecule has 1 spiro atoms. The minimum absolute atomic E-state index is 0.0588. The summed E-state index contributed by atoms with van der Waals surface area (Å²) in [6.45, 7) is 3.23. The first kappa shape index (κ1) is 25.2. The Kier molecular flexibility index (Phi) is 7.04. The summed E-state index contributed by atoms with van der Waals surface area (Å²) in [6.07, 6.45) is 2.82. The van der Waals surface area contributed by atoms with Crippen LogP contribution in [0.1, 0.15) is 47.8 Å². The largest absolute Gasteiger partial charge is 0.508 e. The van der Waals surface area contributed by atoms with Gasteiger partial charge in [0.15, 0.2) is 6.29 Å². The second-order valence-corrected chi connectivity index (χ2v) is 10.9. The molecule has 6 rings (SSSR count). The van der Waals surface area contributed by atoms with E-state index in [9.17, 15) is 5.11 Å². The molecule has 1 unspecified atom stereocenters. The molecule has 0 saturated carbocycles. The zero-order chi connectivity index (χ0) is 26.1. The molecule has 0 amide bonds. The Labute approximate surface area is 225 Å². The normalized spacial score (nSPS) is 24.4. The predicted octanol–water partition coefficient (Wildman–Crippen LogP) is 5.69. The van der Waals surface area contributed by atoms with Gasteiger partial charge in [0.25, 0.3) is 0 Å². The van der Waals surface area contributed by atoms with Crippen LogP contribution in [-0.2, 0) is 14.2 Å². The molecule has 2 saturated heterocycles. The van der Waals surface area contributed by atoms with Crippen molar-refractivity contribution in [3.8, 4) is 11.5 Å². The third kappa shape index (κ3) is 4.77. The second kappa shape index (κ2) is 10.6. The number of phenols is 1. The minimum Gasteiger partial charge on any atom is -0.508 e. The van der Waals surface area contributed by atoms with Crippen molar-refractivity contribution in [2.24, 2.45) is 5.92 Å². The van der Waals surface area contributed by atoms with Crippen molar-refractivity contribution in [1.82, 2.24) is 0 Å². The molecule has 6 nitrogen and oxygen atoms in total. The van der Waals surface area contributed by atoms with E-state index < -0.39 is 0 Å². The third-order valence-corrected chi connectivity index (χ3v) is 8.76. The standard InChI is InChI=1S/C32H37NO5/c1-35-31(36-2)24-19-32(38-20-24)14-16-33(17-15-32)25-10-8-23(9-11-25)30-27-13-12-26(34)18-29(27)37-21-28(30)22-6-4-3-5-7-22/h3-13,18,24,28,30-31,34H,14-17,19-21H2,1-2H3/t24?,28-,30-/m1/s1. The van der Waals surface area contributed by atoms with Crippen LogP contribution >= 0.6 is 0 Å². The van der Waals surface area contributed by atoms with Crippen LogP contribution < -0.4 is 9.64 Å². The average molecular weight is 516 g/mol. The lowest BCUT2D eigenvalue weighted by Gasteiger charge is -2.40. The predicted molar refractivity (Wildman–Crippen MR) is 147 cm³/mol. The highest BCUT2D eigenvalue weighted by Gasteiger charge is 2.45. The van der Waals surface area contributed by atoms with E-state index in [1.165, 1.54) is 16.8 Å². The van der Waals surface area contributed by atoms with E-state index in [1.54, 1.807) is 26.4 Å². The Bertz CT molecular complexity index is 1220. The highest BCUT2D eigenvalue weighted by Crippen LogP contribution is 2.47. The van der Waals surface area contributed by atoms with Gasteiger partial charge in [-0.15, -0.1) is 0 Å². The van der Waals surface area contributed by atoms with Crippen molar-refractivity contribution < 1.29 is 24.1 Å². The quantitative estimate of drug-likeness (QED) is 0.426. The third-order valence-electron chi connectivity index (χ3n) is 8.76. The number of phenolic OH excluding ortho intramolecular Hbond substituents is 1. The summed E-state index contributed by atoms with van der Waals surface area (Å²) in [5.74, 6) is 1.64. The number of hydrogen-bond acceptors (Lipinski definition) is 6. The Hall–Kier alpha value is -3.06. The number of nitrogens with zero attached hydrogens (tertiary/aromatic N) is 1. The average Bonchev–Trinajstić information content (AvgIpc) is 3.37. The Morgan fingerprint density at radius 1 is 0.895 bits per heavy atom. The van der Waals surface area contributed by atoms with E-state index in [2.05, 4.69) is 59.5 Å². The lowest BCUT2D eigenvalue weighted by atomic mass is 9.76. The number of hydrogen-bond donors (Lipinski definition) is 1. The maximum absolute atomic E-state index is 10.0. The van der Waals surface area contributed by atoms with Gasteiger partial charge in [-0.1, -0.05) is 48.5 Å². The van der Waals surface area contributed by atoms with Crippen LogP contribution in [0, 0.1) is 5.92 Å². The van der Waals surface area contributed by atoms with Gasteiger partial charge in [0.05, 0.1) is 18.8 Å². The van der Waals surface area contributed by atoms with Crippen molar-refractivity contribution in [3.05, 3.63) is 89.5 Å². The molecule has 0 aromatic heterocycles. The van der Waals surface area contributed by atoms with E-state index >= 15 is 0 Å². The number of anilines is 1. The van der Waals surface area contributed by atoms with Crippen molar-refractivity contribution in [2.75, 3.05) is 45.4 Å². The molecule has 200 valence electrons. The van der Waals surface area contributed by atoms with Crippen molar-refractivity contribution in [2.45, 2.75) is 43.0 Å². The molecular weight excluding hydrogens is 478 g/mol. The van der Waals surface area contributed by atoms with Gasteiger partial charge in [-0.3, -0.25) is 0 Å². The molecule has 38 heavy (non-hydrogen) atoms. The maximum atomic E-state index is 10.0. The molecule has 3 atom stereocenters. The van der Waals surface area contributed by atoms with Gasteiger partial charge in [-0.2, -0.15) is 0 Å². The van der Waals surface area contributed by atoms with Crippen LogP contribution in [0.2, 0.25) is 0 Å². The minimum atomic E-state index is -0.195. The van der Waals surface area contributed by atoms with E-state index in [0.29, 0.717) is 13.2 Å². The molecule has 1 N–H and O–H groups in total. The zero-order valence-electron chi connectivity index (χ0n) is 22.2. The number of aromatic hydroxyl groups is 1. The molecule has 3 aromatic rings. The Morgan fingerprint density at radius 3 is 2.34 bits per heavy atom. The van der Waals surface area contributed by atoms with E-state index in [-0.39, 0.29) is 35.4 Å². The van der Waals surface area contributed by atoms with Crippen molar-refractivity contribution >= 4 is 5.69 Å². The monoisotopic (exact) mass is 515 g/mol. The summed E-state index contributed by atoms with van der Waals surface area (Å²) in [5, 5.41) is 10.0. The summed E-state index contributed by atoms with van der Waals surface area (Å²) < 4.78 is 23.5. The summed E-state index contributed by atoms with van der Waals surface area (Å²) in [4.78, 5) is 2.47. The van der Waals surface area contributed by atoms with Gasteiger partial charge < -0.3 is 29.0 Å². The smallest absolute Gasteiger partial charge is 0.161 e. The molecule has 3 heterocycles. The number of methoxy groups -OCH3 is 2. The highest BCUT2D eigenvalue weighted by molar-refractivity contribution is 5.54. The fraction of sp³-hybridized carbons (Fsp3) is 0.438. The summed E-state index contributed by atoms with van der Waals surface area (Å²) in [6, 6.07) is 25.2. The summed E-state index contributed by atoms with van der Waals surface area (Å²) in [7, 11) is 3.41. The molecule has 0 bridgehead atoms. The van der Waals surface area contributed by atoms with E-state index in [1.807, 2.05) is 6.07 Å². The number of benzene rings is 3. The summed E-state index contributed by atoms with van der Waals surface area (Å²) >= 11 is 0. The molecular formula is C32H37NO5. The summed E-state index contributed by atoms with van der Waals surface area (Å²) in [5.41, 5.74) is 4.84. The van der Waals surface area contributed by atoms with Crippen molar-refractivity contribution in [1.29, 1.82) is 0 Å². The van der Waals surface area contributed by atoms with Gasteiger partial charge in [-0.05, 0) is 48.6 Å². The number of ether oxygens (including phenoxy) is 4. The van der Waals surface area contributed by atoms with Crippen molar-refractivity contribution in [3.63, 3.8) is 0 Å². The first-order valence-electron chi connectivity index (χ1n) is 13.6. The van der Waals surface area contributed by atoms with Crippen LogP contribution in [0.3, 0.4) is 0 Å². The molecule has 0 aliphatic carbocycles. The Balaban J connectivity index is 1.20. The lowest BCUT2D eigenvalue weighted by molar-refractivity contribution is -0.136. The number of piperidine rings is 1. The fourth-order valence-electron chi connectivity index (χ4n) is 6.75. The van der Waals surface area contributed by atoms with Gasteiger partial charge in [0, 0.05) is 62.4 Å². The van der Waals surface area contributed by atoms with Crippen LogP contribution in [0.25, 0.3) is 0 Å². The lowest BCUT2D eigenvalue weighted by Crippen LogP contribution is -2.44. The van der Waals surface area contributed by atoms with Crippen LogP contribution in [0.15, 0.2) is 72.8 Å². The zero-order valence-corrected chi connectivity index (χ0v) is 22.2. The van der Waals surface area contributed by atoms with E-state index in [0.717, 1.165) is 43.7 Å². The Morgan fingerprint density at radius 2 is 1.63 bits per heavy atom. The molecule has 3 aliphatic heterocycles. The van der Waals surface area contributed by atoms with Gasteiger partial charge in [-0.25, -0.2) is 0 Å². The molecule has 2 fully saturated rings. The number of rotatable bonds is 6. The molecule has 3 aromatic carbocycles. The van der Waals surface area contributed by atoms with Gasteiger partial charge in [0.2, 0.25) is 0 Å².